The summed E-state index contributed by atoms with van der Waals surface area (Å²) in [5.41, 5.74) is 0. The molecule has 16 heavy (non-hydrogen) atoms. The van der Waals surface area contributed by atoms with E-state index in [1.807, 2.05) is 6.92 Å². The molecule has 0 aromatic rings. The fourth-order valence-corrected chi connectivity index (χ4v) is 1.92. The number of rotatable bonds is 5. The van der Waals surface area contributed by atoms with E-state index in [1.54, 1.807) is 7.11 Å². The number of methoxy groups -OCH3 is 1. The zero-order chi connectivity index (χ0) is 11.8. The van der Waals surface area contributed by atoms with Gasteiger partial charge in [-0.15, -0.1) is 0 Å². The van der Waals surface area contributed by atoms with Gasteiger partial charge in [0, 0.05) is 19.6 Å². The van der Waals surface area contributed by atoms with Crippen molar-refractivity contribution in [3.8, 4) is 0 Å². The first-order chi connectivity index (χ1) is 7.72. The van der Waals surface area contributed by atoms with Gasteiger partial charge in [-0.05, 0) is 45.7 Å². The maximum absolute atomic E-state index is 11.7. The van der Waals surface area contributed by atoms with Gasteiger partial charge in [0.05, 0.1) is 6.10 Å². The highest BCUT2D eigenvalue weighted by molar-refractivity contribution is 5.76. The first kappa shape index (κ1) is 13.5. The van der Waals surface area contributed by atoms with Crippen LogP contribution in [0.1, 0.15) is 39.0 Å². The zero-order valence-corrected chi connectivity index (χ0v) is 10.4. The fraction of sp³-hybridized carbons (Fsp3) is 0.917. The lowest BCUT2D eigenvalue weighted by Gasteiger charge is -2.16. The molecule has 1 aliphatic rings. The molecule has 0 aliphatic carbocycles. The fourth-order valence-electron chi connectivity index (χ4n) is 1.92. The van der Waals surface area contributed by atoms with E-state index in [4.69, 9.17) is 4.74 Å². The lowest BCUT2D eigenvalue weighted by molar-refractivity contribution is -0.122. The second-order valence-electron chi connectivity index (χ2n) is 4.53. The van der Waals surface area contributed by atoms with E-state index in [2.05, 4.69) is 10.6 Å². The Bertz CT molecular complexity index is 201. The van der Waals surface area contributed by atoms with Gasteiger partial charge in [0.2, 0.25) is 5.91 Å². The van der Waals surface area contributed by atoms with Crippen molar-refractivity contribution in [3.05, 3.63) is 0 Å². The lowest BCUT2D eigenvalue weighted by Crippen LogP contribution is -2.35. The van der Waals surface area contributed by atoms with Crippen molar-refractivity contribution in [1.29, 1.82) is 0 Å². The third-order valence-electron chi connectivity index (χ3n) is 3.12. The van der Waals surface area contributed by atoms with Gasteiger partial charge in [-0.25, -0.2) is 0 Å². The van der Waals surface area contributed by atoms with E-state index in [9.17, 15) is 4.79 Å². The van der Waals surface area contributed by atoms with Crippen LogP contribution in [0.3, 0.4) is 0 Å². The normalized spacial score (nSPS) is 23.5. The molecule has 0 aromatic heterocycles. The van der Waals surface area contributed by atoms with Crippen LogP contribution >= 0.6 is 0 Å². The summed E-state index contributed by atoms with van der Waals surface area (Å²) in [4.78, 5) is 11.7. The summed E-state index contributed by atoms with van der Waals surface area (Å²) in [5.74, 6) is 0.163. The van der Waals surface area contributed by atoms with Crippen molar-refractivity contribution in [2.45, 2.75) is 51.2 Å². The van der Waals surface area contributed by atoms with E-state index < -0.39 is 0 Å². The number of ether oxygens (including phenoxy) is 1. The summed E-state index contributed by atoms with van der Waals surface area (Å²) in [7, 11) is 1.68. The Morgan fingerprint density at radius 3 is 3.06 bits per heavy atom. The van der Waals surface area contributed by atoms with Crippen LogP contribution in [0.15, 0.2) is 0 Å². The van der Waals surface area contributed by atoms with Crippen molar-refractivity contribution in [1.82, 2.24) is 10.6 Å². The molecule has 0 saturated carbocycles. The Balaban J connectivity index is 2.16. The molecule has 2 N–H and O–H groups in total. The van der Waals surface area contributed by atoms with Gasteiger partial charge >= 0.3 is 0 Å². The summed E-state index contributed by atoms with van der Waals surface area (Å²) in [6, 6.07) is 0.361. The van der Waals surface area contributed by atoms with Crippen LogP contribution in [-0.2, 0) is 9.53 Å². The van der Waals surface area contributed by atoms with Crippen LogP contribution in [0.4, 0.5) is 0 Å². The van der Waals surface area contributed by atoms with Crippen LogP contribution in [0.2, 0.25) is 0 Å². The van der Waals surface area contributed by atoms with Crippen molar-refractivity contribution in [3.63, 3.8) is 0 Å². The minimum absolute atomic E-state index is 0.163. The molecule has 0 bridgehead atoms. The average Bonchev–Trinajstić information content (AvgIpc) is 2.54. The Morgan fingerprint density at radius 1 is 1.50 bits per heavy atom. The Kier molecular flexibility index (Phi) is 6.42. The van der Waals surface area contributed by atoms with Crippen LogP contribution < -0.4 is 10.6 Å². The van der Waals surface area contributed by atoms with Crippen molar-refractivity contribution < 1.29 is 9.53 Å². The molecule has 1 saturated heterocycles. The highest BCUT2D eigenvalue weighted by Crippen LogP contribution is 2.06. The van der Waals surface area contributed by atoms with Crippen LogP contribution in [-0.4, -0.2) is 38.3 Å². The standard InChI is InChI=1S/C12H24N2O2/c1-10(16-2)5-6-12(15)14-11-4-3-8-13-9-7-11/h10-11,13H,3-9H2,1-2H3,(H,14,15). The molecule has 1 rings (SSSR count). The van der Waals surface area contributed by atoms with E-state index >= 15 is 0 Å². The van der Waals surface area contributed by atoms with Gasteiger partial charge in [-0.3, -0.25) is 4.79 Å². The third-order valence-corrected chi connectivity index (χ3v) is 3.12. The minimum atomic E-state index is 0.163. The van der Waals surface area contributed by atoms with E-state index in [0.717, 1.165) is 38.8 Å². The highest BCUT2D eigenvalue weighted by Gasteiger charge is 2.14. The first-order valence-corrected chi connectivity index (χ1v) is 6.25. The second-order valence-corrected chi connectivity index (χ2v) is 4.53. The molecule has 2 unspecified atom stereocenters. The SMILES string of the molecule is COC(C)CCC(=O)NC1CCCNCC1. The van der Waals surface area contributed by atoms with Gasteiger partial charge in [0.15, 0.2) is 0 Å². The van der Waals surface area contributed by atoms with Gasteiger partial charge in [0.1, 0.15) is 0 Å². The van der Waals surface area contributed by atoms with Crippen molar-refractivity contribution >= 4 is 5.91 Å². The predicted octanol–water partition coefficient (Wildman–Crippen LogP) is 1.06. The molecule has 1 fully saturated rings. The zero-order valence-electron chi connectivity index (χ0n) is 10.4. The second kappa shape index (κ2) is 7.63. The molecule has 0 spiro atoms. The molecule has 2 atom stereocenters. The highest BCUT2D eigenvalue weighted by atomic mass is 16.5. The Labute approximate surface area is 98.1 Å². The van der Waals surface area contributed by atoms with Gasteiger partial charge in [0.25, 0.3) is 0 Å². The minimum Gasteiger partial charge on any atom is -0.382 e. The number of carbonyl (C=O) groups excluding carboxylic acids is 1. The quantitative estimate of drug-likeness (QED) is 0.740. The summed E-state index contributed by atoms with van der Waals surface area (Å²) in [6.07, 6.45) is 4.83. The topological polar surface area (TPSA) is 50.4 Å². The average molecular weight is 228 g/mol. The van der Waals surface area contributed by atoms with Crippen molar-refractivity contribution in [2.75, 3.05) is 20.2 Å². The molecule has 4 nitrogen and oxygen atoms in total. The Morgan fingerprint density at radius 2 is 2.31 bits per heavy atom. The van der Waals surface area contributed by atoms with Crippen LogP contribution in [0, 0.1) is 0 Å². The summed E-state index contributed by atoms with van der Waals surface area (Å²) < 4.78 is 5.12. The van der Waals surface area contributed by atoms with E-state index in [-0.39, 0.29) is 12.0 Å². The number of amides is 1. The number of hydrogen-bond donors (Lipinski definition) is 2. The van der Waals surface area contributed by atoms with Gasteiger partial charge in [-0.1, -0.05) is 0 Å². The van der Waals surface area contributed by atoms with E-state index in [0.29, 0.717) is 12.5 Å². The number of hydrogen-bond acceptors (Lipinski definition) is 3. The van der Waals surface area contributed by atoms with Crippen molar-refractivity contribution in [2.24, 2.45) is 0 Å². The molecule has 0 radical (unpaired) electrons. The predicted molar refractivity (Wildman–Crippen MR) is 64.4 cm³/mol. The molecule has 4 heteroatoms. The molecule has 1 amide bonds. The maximum Gasteiger partial charge on any atom is 0.220 e. The number of nitrogens with one attached hydrogen (secondary N) is 2. The molecular weight excluding hydrogens is 204 g/mol. The monoisotopic (exact) mass is 228 g/mol. The Hall–Kier alpha value is -0.610. The summed E-state index contributed by atoms with van der Waals surface area (Å²) >= 11 is 0. The molecule has 1 aliphatic heterocycles. The molecule has 94 valence electrons. The summed E-state index contributed by atoms with van der Waals surface area (Å²) in [5, 5.41) is 6.44. The summed E-state index contributed by atoms with van der Waals surface area (Å²) in [6.45, 7) is 4.08. The number of carbonyl (C=O) groups is 1. The smallest absolute Gasteiger partial charge is 0.220 e. The van der Waals surface area contributed by atoms with Crippen LogP contribution in [0.5, 0.6) is 0 Å². The molecule has 1 heterocycles. The molecule has 0 aromatic carbocycles. The first-order valence-electron chi connectivity index (χ1n) is 6.25. The van der Waals surface area contributed by atoms with Gasteiger partial charge < -0.3 is 15.4 Å². The third kappa shape index (κ3) is 5.47. The van der Waals surface area contributed by atoms with Crippen LogP contribution in [0.25, 0.3) is 0 Å². The molecular formula is C12H24N2O2. The van der Waals surface area contributed by atoms with E-state index in [1.165, 1.54) is 0 Å². The largest absolute Gasteiger partial charge is 0.382 e. The van der Waals surface area contributed by atoms with Gasteiger partial charge in [-0.2, -0.15) is 0 Å². The lowest BCUT2D eigenvalue weighted by atomic mass is 10.1. The maximum atomic E-state index is 11.7.